The smallest absolute Gasteiger partial charge is 0.313 e. The van der Waals surface area contributed by atoms with Gasteiger partial charge in [-0.2, -0.15) is 0 Å². The first-order chi connectivity index (χ1) is 12.6. The zero-order chi connectivity index (χ0) is 18.4. The molecule has 6 heteroatoms. The number of thioether (sulfide) groups is 1. The highest BCUT2D eigenvalue weighted by Gasteiger charge is 2.12. The van der Waals surface area contributed by atoms with Gasteiger partial charge in [-0.05, 0) is 37.3 Å². The molecule has 0 aliphatic carbocycles. The fourth-order valence-corrected chi connectivity index (χ4v) is 3.89. The van der Waals surface area contributed by atoms with Crippen LogP contribution in [0.5, 0.6) is 0 Å². The summed E-state index contributed by atoms with van der Waals surface area (Å²) in [6, 6.07) is 14.1. The van der Waals surface area contributed by atoms with Crippen molar-refractivity contribution in [2.45, 2.75) is 13.3 Å². The molecule has 0 saturated carbocycles. The van der Waals surface area contributed by atoms with Crippen LogP contribution in [0.15, 0.2) is 53.0 Å². The minimum Gasteiger partial charge on any atom is -0.481 e. The molecule has 0 fully saturated rings. The molecule has 4 nitrogen and oxygen atoms in total. The molecule has 0 atom stereocenters. The zero-order valence-corrected chi connectivity index (χ0v) is 16.0. The Balaban J connectivity index is 1.62. The number of carboxylic acid groups (broad SMARTS) is 1. The molecule has 1 N–H and O–H groups in total. The van der Waals surface area contributed by atoms with Crippen LogP contribution in [-0.4, -0.2) is 27.6 Å². The number of hydrogen-bond donors (Lipinski definition) is 1. The molecule has 2 aromatic heterocycles. The van der Waals surface area contributed by atoms with Gasteiger partial charge in [0.1, 0.15) is 5.76 Å². The number of aliphatic carboxylic acids is 1. The number of hydrogen-bond acceptors (Lipinski definition) is 5. The number of carbonyl (C=O) groups is 1. The van der Waals surface area contributed by atoms with Crippen molar-refractivity contribution >= 4 is 35.1 Å². The van der Waals surface area contributed by atoms with Crippen LogP contribution in [0, 0.1) is 6.92 Å². The molecule has 0 spiro atoms. The summed E-state index contributed by atoms with van der Waals surface area (Å²) < 4.78 is 5.82. The molecule has 3 rings (SSSR count). The van der Waals surface area contributed by atoms with Gasteiger partial charge in [0, 0.05) is 27.5 Å². The Labute approximate surface area is 160 Å². The average molecular weight is 386 g/mol. The second-order valence-corrected chi connectivity index (χ2v) is 7.91. The van der Waals surface area contributed by atoms with Crippen LogP contribution in [0.2, 0.25) is 0 Å². The van der Waals surface area contributed by atoms with Gasteiger partial charge < -0.3 is 9.52 Å². The molecule has 0 unspecified atom stereocenters. The number of thiophene rings is 1. The van der Waals surface area contributed by atoms with E-state index >= 15 is 0 Å². The standard InChI is InChI=1S/C20H19NO3S2/c1-14-18(21-20(24-14)15-6-3-2-4-7-15)12-17-10-9-16(26-17)8-5-11-25-13-19(22)23/h2-10H,11-13H2,1H3,(H,22,23)/b8-5+. The fourth-order valence-electron chi connectivity index (χ4n) is 2.42. The summed E-state index contributed by atoms with van der Waals surface area (Å²) >= 11 is 3.10. The Bertz CT molecular complexity index is 897. The molecule has 26 heavy (non-hydrogen) atoms. The Hall–Kier alpha value is -2.31. The van der Waals surface area contributed by atoms with Gasteiger partial charge in [-0.15, -0.1) is 23.1 Å². The van der Waals surface area contributed by atoms with E-state index < -0.39 is 5.97 Å². The van der Waals surface area contributed by atoms with E-state index in [0.29, 0.717) is 11.6 Å². The molecule has 3 aromatic rings. The molecule has 0 amide bonds. The predicted octanol–water partition coefficient (Wildman–Crippen LogP) is 5.13. The summed E-state index contributed by atoms with van der Waals surface area (Å²) in [5.41, 5.74) is 1.94. The van der Waals surface area contributed by atoms with Gasteiger partial charge in [0.15, 0.2) is 0 Å². The van der Waals surface area contributed by atoms with E-state index in [1.165, 1.54) is 16.6 Å². The van der Waals surface area contributed by atoms with Gasteiger partial charge in [-0.25, -0.2) is 4.98 Å². The Morgan fingerprint density at radius 2 is 2.08 bits per heavy atom. The minimum absolute atomic E-state index is 0.134. The summed E-state index contributed by atoms with van der Waals surface area (Å²) in [4.78, 5) is 17.5. The van der Waals surface area contributed by atoms with Crippen LogP contribution in [0.3, 0.4) is 0 Å². The summed E-state index contributed by atoms with van der Waals surface area (Å²) in [6.45, 7) is 1.95. The van der Waals surface area contributed by atoms with Gasteiger partial charge in [0.2, 0.25) is 5.89 Å². The van der Waals surface area contributed by atoms with Crippen LogP contribution in [0.1, 0.15) is 21.2 Å². The van der Waals surface area contributed by atoms with E-state index in [9.17, 15) is 4.79 Å². The van der Waals surface area contributed by atoms with Crippen molar-refractivity contribution in [2.24, 2.45) is 0 Å². The van der Waals surface area contributed by atoms with Crippen LogP contribution in [-0.2, 0) is 11.2 Å². The summed E-state index contributed by atoms with van der Waals surface area (Å²) in [5.74, 6) is 1.56. The number of benzene rings is 1. The molecule has 2 heterocycles. The van der Waals surface area contributed by atoms with Crippen LogP contribution < -0.4 is 0 Å². The Morgan fingerprint density at radius 3 is 2.85 bits per heavy atom. The van der Waals surface area contributed by atoms with Gasteiger partial charge in [-0.1, -0.05) is 24.3 Å². The highest BCUT2D eigenvalue weighted by molar-refractivity contribution is 8.00. The molecule has 0 bridgehead atoms. The van der Waals surface area contributed by atoms with E-state index in [1.54, 1.807) is 11.3 Å². The largest absolute Gasteiger partial charge is 0.481 e. The normalized spacial score (nSPS) is 11.3. The fraction of sp³-hybridized carbons (Fsp3) is 0.200. The van der Waals surface area contributed by atoms with Crippen LogP contribution in [0.25, 0.3) is 17.5 Å². The first kappa shape index (κ1) is 18.5. The molecular weight excluding hydrogens is 366 g/mol. The van der Waals surface area contributed by atoms with Crippen molar-refractivity contribution in [3.63, 3.8) is 0 Å². The van der Waals surface area contributed by atoms with Gasteiger partial charge in [0.05, 0.1) is 11.4 Å². The van der Waals surface area contributed by atoms with E-state index in [2.05, 4.69) is 17.1 Å². The molecule has 0 radical (unpaired) electrons. The van der Waals surface area contributed by atoms with Crippen molar-refractivity contribution in [3.8, 4) is 11.5 Å². The maximum atomic E-state index is 10.5. The van der Waals surface area contributed by atoms with Gasteiger partial charge >= 0.3 is 5.97 Å². The number of rotatable bonds is 8. The van der Waals surface area contributed by atoms with E-state index in [-0.39, 0.29) is 5.75 Å². The molecule has 1 aromatic carbocycles. The van der Waals surface area contributed by atoms with E-state index in [1.807, 2.05) is 49.4 Å². The zero-order valence-electron chi connectivity index (χ0n) is 14.3. The van der Waals surface area contributed by atoms with Gasteiger partial charge in [0.25, 0.3) is 0 Å². The van der Waals surface area contributed by atoms with Crippen molar-refractivity contribution in [1.82, 2.24) is 4.98 Å². The highest BCUT2D eigenvalue weighted by Crippen LogP contribution is 2.26. The number of aromatic nitrogens is 1. The first-order valence-corrected chi connectivity index (χ1v) is 10.2. The molecule has 0 aliphatic heterocycles. The third-order valence-electron chi connectivity index (χ3n) is 3.66. The number of aryl methyl sites for hydroxylation is 1. The second kappa shape index (κ2) is 8.87. The Kier molecular flexibility index (Phi) is 6.30. The van der Waals surface area contributed by atoms with Crippen LogP contribution in [0.4, 0.5) is 0 Å². The second-order valence-electron chi connectivity index (χ2n) is 5.68. The molecule has 0 saturated heterocycles. The monoisotopic (exact) mass is 385 g/mol. The van der Waals surface area contributed by atoms with Crippen molar-refractivity contribution in [3.05, 3.63) is 69.7 Å². The van der Waals surface area contributed by atoms with E-state index in [0.717, 1.165) is 28.3 Å². The summed E-state index contributed by atoms with van der Waals surface area (Å²) in [5, 5.41) is 8.61. The van der Waals surface area contributed by atoms with Crippen molar-refractivity contribution in [1.29, 1.82) is 0 Å². The number of carboxylic acids is 1. The maximum absolute atomic E-state index is 10.5. The van der Waals surface area contributed by atoms with Gasteiger partial charge in [-0.3, -0.25) is 4.79 Å². The molecule has 0 aliphatic rings. The van der Waals surface area contributed by atoms with E-state index in [4.69, 9.17) is 9.52 Å². The lowest BCUT2D eigenvalue weighted by Gasteiger charge is -1.93. The SMILES string of the molecule is Cc1oc(-c2ccccc2)nc1Cc1ccc(/C=C/CSCC(=O)O)s1. The minimum atomic E-state index is -0.778. The predicted molar refractivity (Wildman–Crippen MR) is 108 cm³/mol. The summed E-state index contributed by atoms with van der Waals surface area (Å²) in [7, 11) is 0. The lowest BCUT2D eigenvalue weighted by molar-refractivity contribution is -0.133. The lowest BCUT2D eigenvalue weighted by atomic mass is 10.2. The van der Waals surface area contributed by atoms with Crippen molar-refractivity contribution in [2.75, 3.05) is 11.5 Å². The van der Waals surface area contributed by atoms with Crippen LogP contribution >= 0.6 is 23.1 Å². The third-order valence-corrected chi connectivity index (χ3v) is 5.59. The third kappa shape index (κ3) is 5.09. The maximum Gasteiger partial charge on any atom is 0.313 e. The first-order valence-electron chi connectivity index (χ1n) is 8.18. The summed E-state index contributed by atoms with van der Waals surface area (Å²) in [6.07, 6.45) is 4.78. The lowest BCUT2D eigenvalue weighted by Crippen LogP contribution is -1.97. The number of nitrogens with zero attached hydrogens (tertiary/aromatic N) is 1. The highest BCUT2D eigenvalue weighted by atomic mass is 32.2. The topological polar surface area (TPSA) is 63.3 Å². The molecular formula is C20H19NO3S2. The Morgan fingerprint density at radius 1 is 1.27 bits per heavy atom. The van der Waals surface area contributed by atoms with Crippen molar-refractivity contribution < 1.29 is 14.3 Å². The number of oxazole rings is 1. The quantitative estimate of drug-likeness (QED) is 0.544. The molecule has 134 valence electrons. The average Bonchev–Trinajstić information content (AvgIpc) is 3.22.